The van der Waals surface area contributed by atoms with Gasteiger partial charge >= 0.3 is 6.03 Å². The van der Waals surface area contributed by atoms with Crippen LogP contribution in [0.15, 0.2) is 78.9 Å². The Labute approximate surface area is 185 Å². The van der Waals surface area contributed by atoms with E-state index in [0.29, 0.717) is 6.61 Å². The Morgan fingerprint density at radius 2 is 1.72 bits per heavy atom. The van der Waals surface area contributed by atoms with Gasteiger partial charge in [0.15, 0.2) is 0 Å². The molecule has 160 valence electrons. The molecule has 2 fully saturated rings. The number of amides is 3. The molecule has 3 aliphatic heterocycles. The van der Waals surface area contributed by atoms with Crippen molar-refractivity contribution in [2.75, 3.05) is 11.5 Å². The summed E-state index contributed by atoms with van der Waals surface area (Å²) in [6.45, 7) is 2.25. The molecule has 6 rings (SSSR count). The minimum absolute atomic E-state index is 0.0835. The summed E-state index contributed by atoms with van der Waals surface area (Å²) in [6.07, 6.45) is 0. The molecule has 32 heavy (non-hydrogen) atoms. The first-order chi connectivity index (χ1) is 15.5. The fourth-order valence-electron chi connectivity index (χ4n) is 5.88. The van der Waals surface area contributed by atoms with Crippen molar-refractivity contribution in [1.82, 2.24) is 4.90 Å². The van der Waals surface area contributed by atoms with Gasteiger partial charge in [-0.05, 0) is 36.8 Å². The number of urea groups is 1. The van der Waals surface area contributed by atoms with Gasteiger partial charge in [-0.25, -0.2) is 14.1 Å². The number of hydrogen-bond donors (Lipinski definition) is 0. The van der Waals surface area contributed by atoms with E-state index in [0.717, 1.165) is 21.8 Å². The minimum atomic E-state index is -1.12. The maximum absolute atomic E-state index is 14.0. The molecule has 3 aliphatic rings. The summed E-state index contributed by atoms with van der Waals surface area (Å²) in [5.41, 5.74) is 1.01. The van der Waals surface area contributed by atoms with Gasteiger partial charge in [-0.3, -0.25) is 4.79 Å². The smallest absolute Gasteiger partial charge is 0.332 e. The normalized spacial score (nSPS) is 28.2. The van der Waals surface area contributed by atoms with Gasteiger partial charge < -0.3 is 9.64 Å². The van der Waals surface area contributed by atoms with Crippen LogP contribution in [0.2, 0.25) is 0 Å². The van der Waals surface area contributed by atoms with E-state index in [9.17, 15) is 14.0 Å². The van der Waals surface area contributed by atoms with Crippen LogP contribution in [0.25, 0.3) is 0 Å². The molecule has 5 nitrogen and oxygen atoms in total. The first-order valence-corrected chi connectivity index (χ1v) is 10.7. The minimum Gasteiger partial charge on any atom is -0.493 e. The molecule has 0 N–H and O–H groups in total. The van der Waals surface area contributed by atoms with Gasteiger partial charge in [0, 0.05) is 17.4 Å². The molecule has 3 amide bonds. The van der Waals surface area contributed by atoms with Gasteiger partial charge in [-0.1, -0.05) is 54.6 Å². The first kappa shape index (κ1) is 19.0. The van der Waals surface area contributed by atoms with E-state index in [4.69, 9.17) is 4.74 Å². The third kappa shape index (κ3) is 2.38. The molecule has 0 unspecified atom stereocenters. The number of fused-ring (bicyclic) bond motifs is 5. The van der Waals surface area contributed by atoms with Crippen molar-refractivity contribution in [2.45, 2.75) is 24.4 Å². The summed E-state index contributed by atoms with van der Waals surface area (Å²) < 4.78 is 20.1. The maximum atomic E-state index is 14.0. The topological polar surface area (TPSA) is 49.9 Å². The highest BCUT2D eigenvalue weighted by Crippen LogP contribution is 2.61. The van der Waals surface area contributed by atoms with Gasteiger partial charge in [0.1, 0.15) is 17.1 Å². The highest BCUT2D eigenvalue weighted by Gasteiger charge is 2.70. The first-order valence-electron chi connectivity index (χ1n) is 10.7. The summed E-state index contributed by atoms with van der Waals surface area (Å²) >= 11 is 0. The molecule has 3 heterocycles. The molecule has 2 saturated heterocycles. The van der Waals surface area contributed by atoms with Crippen LogP contribution >= 0.6 is 0 Å². The van der Waals surface area contributed by atoms with Gasteiger partial charge in [0.05, 0.1) is 18.3 Å². The largest absolute Gasteiger partial charge is 0.493 e. The van der Waals surface area contributed by atoms with Gasteiger partial charge in [-0.15, -0.1) is 0 Å². The lowest BCUT2D eigenvalue weighted by molar-refractivity contribution is -0.124. The van der Waals surface area contributed by atoms with Gasteiger partial charge in [0.25, 0.3) is 5.91 Å². The van der Waals surface area contributed by atoms with Crippen LogP contribution in [-0.2, 0) is 4.79 Å². The number of carbonyl (C=O) groups excluding carboxylic acids is 2. The van der Waals surface area contributed by atoms with Crippen molar-refractivity contribution < 1.29 is 18.7 Å². The van der Waals surface area contributed by atoms with Crippen molar-refractivity contribution in [2.24, 2.45) is 5.92 Å². The van der Waals surface area contributed by atoms with Gasteiger partial charge in [0.2, 0.25) is 0 Å². The molecule has 3 aromatic rings. The Hall–Kier alpha value is -3.67. The monoisotopic (exact) mass is 428 g/mol. The Morgan fingerprint density at radius 3 is 2.50 bits per heavy atom. The zero-order chi connectivity index (χ0) is 22.0. The molecule has 0 spiro atoms. The molecule has 0 aromatic heterocycles. The third-order valence-electron chi connectivity index (χ3n) is 7.15. The number of benzene rings is 3. The molecule has 0 saturated carbocycles. The Kier molecular flexibility index (Phi) is 3.97. The average Bonchev–Trinajstić information content (AvgIpc) is 3.19. The van der Waals surface area contributed by atoms with E-state index in [1.165, 1.54) is 18.2 Å². The highest BCUT2D eigenvalue weighted by molar-refractivity contribution is 6.24. The average molecular weight is 428 g/mol. The van der Waals surface area contributed by atoms with Crippen LogP contribution < -0.4 is 9.64 Å². The van der Waals surface area contributed by atoms with E-state index >= 15 is 0 Å². The number of nitrogens with zero attached hydrogens (tertiary/aromatic N) is 2. The van der Waals surface area contributed by atoms with Crippen LogP contribution in [0, 0.1) is 11.7 Å². The second-order valence-electron chi connectivity index (χ2n) is 8.77. The van der Waals surface area contributed by atoms with Crippen LogP contribution in [0.3, 0.4) is 0 Å². The van der Waals surface area contributed by atoms with E-state index in [1.807, 2.05) is 61.5 Å². The highest BCUT2D eigenvalue weighted by atomic mass is 19.1. The Bertz CT molecular complexity index is 1250. The van der Waals surface area contributed by atoms with Crippen molar-refractivity contribution in [3.05, 3.63) is 95.8 Å². The molecule has 0 radical (unpaired) electrons. The summed E-state index contributed by atoms with van der Waals surface area (Å²) in [5.74, 6) is -0.450. The number of imide groups is 1. The second-order valence-corrected chi connectivity index (χ2v) is 8.77. The number of rotatable bonds is 2. The molecular formula is C26H21FN2O3. The Morgan fingerprint density at radius 1 is 0.969 bits per heavy atom. The predicted octanol–water partition coefficient (Wildman–Crippen LogP) is 4.90. The SMILES string of the molecule is C[C@]12C(=O)N(c3cccc(F)c3)C(=O)N1[C@H]1c3ccccc3OC[C@@H]1[C@H]2c1ccccc1. The van der Waals surface area contributed by atoms with E-state index in [2.05, 4.69) is 0 Å². The Balaban J connectivity index is 1.57. The molecule has 0 bridgehead atoms. The number of anilines is 1. The lowest BCUT2D eigenvalue weighted by Crippen LogP contribution is -2.46. The summed E-state index contributed by atoms with van der Waals surface area (Å²) in [4.78, 5) is 30.6. The number of carbonyl (C=O) groups is 2. The summed E-state index contributed by atoms with van der Waals surface area (Å²) in [5, 5.41) is 0. The number of ether oxygens (including phenoxy) is 1. The molecule has 0 aliphatic carbocycles. The molecule has 6 heteroatoms. The predicted molar refractivity (Wildman–Crippen MR) is 117 cm³/mol. The molecular weight excluding hydrogens is 407 g/mol. The van der Waals surface area contributed by atoms with E-state index in [1.54, 1.807) is 11.0 Å². The third-order valence-corrected chi connectivity index (χ3v) is 7.15. The standard InChI is InChI=1S/C26H21FN2O3/c1-26-22(16-8-3-2-4-9-16)20-15-32-21-13-6-5-12-19(21)23(20)29(26)25(31)28(24(26)30)18-11-7-10-17(27)14-18/h2-14,20,22-23H,15H2,1H3/t20-,22-,23+,26+/m1/s1. The second kappa shape index (κ2) is 6.66. The lowest BCUT2D eigenvalue weighted by atomic mass is 9.73. The zero-order valence-electron chi connectivity index (χ0n) is 17.4. The zero-order valence-corrected chi connectivity index (χ0v) is 17.4. The molecule has 3 aromatic carbocycles. The maximum Gasteiger partial charge on any atom is 0.332 e. The van der Waals surface area contributed by atoms with Crippen LogP contribution in [0.5, 0.6) is 5.75 Å². The van der Waals surface area contributed by atoms with Gasteiger partial charge in [-0.2, -0.15) is 0 Å². The van der Waals surface area contributed by atoms with Crippen LogP contribution in [0.4, 0.5) is 14.9 Å². The van der Waals surface area contributed by atoms with Crippen molar-refractivity contribution >= 4 is 17.6 Å². The fraction of sp³-hybridized carbons (Fsp3) is 0.231. The lowest BCUT2D eigenvalue weighted by Gasteiger charge is -2.34. The fourth-order valence-corrected chi connectivity index (χ4v) is 5.88. The quantitative estimate of drug-likeness (QED) is 0.546. The molecule has 4 atom stereocenters. The van der Waals surface area contributed by atoms with Crippen molar-refractivity contribution in [1.29, 1.82) is 0 Å². The van der Waals surface area contributed by atoms with Crippen LogP contribution in [-0.4, -0.2) is 29.0 Å². The number of para-hydroxylation sites is 1. The van der Waals surface area contributed by atoms with Crippen molar-refractivity contribution in [3.63, 3.8) is 0 Å². The summed E-state index contributed by atoms with van der Waals surface area (Å²) in [6, 6.07) is 22.4. The number of halogens is 1. The number of hydrogen-bond acceptors (Lipinski definition) is 3. The van der Waals surface area contributed by atoms with E-state index < -0.39 is 17.4 Å². The van der Waals surface area contributed by atoms with Crippen molar-refractivity contribution in [3.8, 4) is 5.75 Å². The van der Waals surface area contributed by atoms with E-state index in [-0.39, 0.29) is 29.5 Å². The van der Waals surface area contributed by atoms with Crippen LogP contribution in [0.1, 0.15) is 30.0 Å². The summed E-state index contributed by atoms with van der Waals surface area (Å²) in [7, 11) is 0.